The fourth-order valence-electron chi connectivity index (χ4n) is 4.31. The van der Waals surface area contributed by atoms with Gasteiger partial charge in [-0.3, -0.25) is 4.90 Å². The van der Waals surface area contributed by atoms with Crippen molar-refractivity contribution in [2.75, 3.05) is 49.6 Å². The van der Waals surface area contributed by atoms with Crippen LogP contribution in [0, 0.1) is 0 Å². The predicted molar refractivity (Wildman–Crippen MR) is 113 cm³/mol. The minimum absolute atomic E-state index is 0.395. The summed E-state index contributed by atoms with van der Waals surface area (Å²) in [5.74, 6) is 3.51. The zero-order valence-electron chi connectivity index (χ0n) is 16.8. The number of likely N-dealkylation sites (tertiary alicyclic amines) is 1. The van der Waals surface area contributed by atoms with Crippen LogP contribution in [0.15, 0.2) is 30.5 Å². The summed E-state index contributed by atoms with van der Waals surface area (Å²) in [6, 6.07) is 8.67. The Bertz CT molecular complexity index is 832. The molecule has 2 aromatic rings. The monoisotopic (exact) mass is 395 g/mol. The van der Waals surface area contributed by atoms with Gasteiger partial charge in [0.15, 0.2) is 11.5 Å². The van der Waals surface area contributed by atoms with Crippen LogP contribution in [-0.4, -0.2) is 60.3 Å². The molecule has 154 valence electrons. The van der Waals surface area contributed by atoms with Crippen molar-refractivity contribution in [3.63, 3.8) is 0 Å². The molecular formula is C22H29N5O2. The topological polar surface area (TPSA) is 62.8 Å². The molecule has 5 rings (SSSR count). The Morgan fingerprint density at radius 2 is 1.76 bits per heavy atom. The molecule has 2 saturated heterocycles. The van der Waals surface area contributed by atoms with Gasteiger partial charge in [-0.1, -0.05) is 18.9 Å². The van der Waals surface area contributed by atoms with Gasteiger partial charge in [-0.15, -0.1) is 0 Å². The highest BCUT2D eigenvalue weighted by Crippen LogP contribution is 2.31. The van der Waals surface area contributed by atoms with Gasteiger partial charge >= 0.3 is 0 Å². The Morgan fingerprint density at radius 3 is 2.59 bits per heavy atom. The van der Waals surface area contributed by atoms with Crippen molar-refractivity contribution in [3.8, 4) is 11.5 Å². The highest BCUT2D eigenvalue weighted by molar-refractivity contribution is 5.44. The third kappa shape index (κ3) is 4.40. The first-order valence-corrected chi connectivity index (χ1v) is 10.8. The Balaban J connectivity index is 1.13. The van der Waals surface area contributed by atoms with Crippen molar-refractivity contribution in [2.45, 2.75) is 38.3 Å². The minimum atomic E-state index is 0.395. The first-order valence-electron chi connectivity index (χ1n) is 10.8. The van der Waals surface area contributed by atoms with Gasteiger partial charge in [0.1, 0.15) is 19.0 Å². The number of rotatable bonds is 5. The normalized spacial score (nSPS) is 20.1. The molecule has 0 spiro atoms. The van der Waals surface area contributed by atoms with Gasteiger partial charge in [-0.2, -0.15) is 4.98 Å². The van der Waals surface area contributed by atoms with Gasteiger partial charge in [-0.05, 0) is 36.6 Å². The van der Waals surface area contributed by atoms with E-state index in [2.05, 4.69) is 32.2 Å². The second kappa shape index (κ2) is 8.45. The van der Waals surface area contributed by atoms with Crippen LogP contribution in [0.25, 0.3) is 0 Å². The smallest absolute Gasteiger partial charge is 0.224 e. The van der Waals surface area contributed by atoms with Crippen molar-refractivity contribution in [2.24, 2.45) is 0 Å². The van der Waals surface area contributed by atoms with E-state index in [0.29, 0.717) is 19.3 Å². The fraction of sp³-hybridized carbons (Fsp3) is 0.545. The van der Waals surface area contributed by atoms with Crippen LogP contribution in [0.3, 0.4) is 0 Å². The highest BCUT2D eigenvalue weighted by Gasteiger charge is 2.27. The number of nitrogens with zero attached hydrogens (tertiary/aromatic N) is 4. The summed E-state index contributed by atoms with van der Waals surface area (Å²) in [5.41, 5.74) is 1.26. The molecule has 1 aromatic heterocycles. The van der Waals surface area contributed by atoms with Gasteiger partial charge in [0.2, 0.25) is 5.95 Å². The number of fused-ring (bicyclic) bond motifs is 1. The summed E-state index contributed by atoms with van der Waals surface area (Å²) in [7, 11) is 0. The van der Waals surface area contributed by atoms with Gasteiger partial charge in [0.25, 0.3) is 0 Å². The lowest BCUT2D eigenvalue weighted by Crippen LogP contribution is -2.54. The number of hydrogen-bond acceptors (Lipinski definition) is 7. The summed E-state index contributed by atoms with van der Waals surface area (Å²) in [4.78, 5) is 14.0. The number of hydrogen-bond donors (Lipinski definition) is 1. The van der Waals surface area contributed by atoms with E-state index in [1.54, 1.807) is 0 Å². The molecule has 0 unspecified atom stereocenters. The quantitative estimate of drug-likeness (QED) is 0.835. The Kier molecular flexibility index (Phi) is 5.39. The zero-order chi connectivity index (χ0) is 19.5. The lowest BCUT2D eigenvalue weighted by molar-refractivity contribution is 0.151. The van der Waals surface area contributed by atoms with Gasteiger partial charge in [-0.25, -0.2) is 4.98 Å². The molecule has 7 nitrogen and oxygen atoms in total. The van der Waals surface area contributed by atoms with E-state index in [9.17, 15) is 0 Å². The van der Waals surface area contributed by atoms with E-state index >= 15 is 0 Å². The summed E-state index contributed by atoms with van der Waals surface area (Å²) < 4.78 is 11.3. The summed E-state index contributed by atoms with van der Waals surface area (Å²) >= 11 is 0. The van der Waals surface area contributed by atoms with Crippen LogP contribution in [0.5, 0.6) is 11.5 Å². The van der Waals surface area contributed by atoms with Crippen LogP contribution in [0.1, 0.15) is 31.2 Å². The third-order valence-electron chi connectivity index (χ3n) is 5.87. The number of anilines is 2. The van der Waals surface area contributed by atoms with Crippen LogP contribution >= 0.6 is 0 Å². The molecule has 0 aliphatic carbocycles. The fourth-order valence-corrected chi connectivity index (χ4v) is 4.31. The largest absolute Gasteiger partial charge is 0.486 e. The van der Waals surface area contributed by atoms with Crippen LogP contribution in [-0.2, 0) is 6.54 Å². The van der Waals surface area contributed by atoms with Crippen molar-refractivity contribution in [1.29, 1.82) is 0 Å². The third-order valence-corrected chi connectivity index (χ3v) is 5.87. The molecule has 7 heteroatoms. The van der Waals surface area contributed by atoms with Crippen molar-refractivity contribution in [3.05, 3.63) is 36.0 Å². The van der Waals surface area contributed by atoms with Gasteiger partial charge in [0.05, 0.1) is 6.04 Å². The van der Waals surface area contributed by atoms with E-state index in [1.807, 2.05) is 18.3 Å². The Labute approximate surface area is 172 Å². The lowest BCUT2D eigenvalue weighted by Gasteiger charge is -2.39. The van der Waals surface area contributed by atoms with E-state index < -0.39 is 0 Å². The molecule has 0 atom stereocenters. The molecule has 1 aromatic carbocycles. The lowest BCUT2D eigenvalue weighted by atomic mass is 10.1. The predicted octanol–water partition coefficient (Wildman–Crippen LogP) is 2.92. The molecule has 29 heavy (non-hydrogen) atoms. The van der Waals surface area contributed by atoms with Crippen LogP contribution < -0.4 is 19.7 Å². The second-order valence-electron chi connectivity index (χ2n) is 8.15. The van der Waals surface area contributed by atoms with E-state index in [1.165, 1.54) is 31.2 Å². The maximum Gasteiger partial charge on any atom is 0.224 e. The molecule has 1 N–H and O–H groups in total. The van der Waals surface area contributed by atoms with Crippen LogP contribution in [0.2, 0.25) is 0 Å². The molecule has 0 amide bonds. The summed E-state index contributed by atoms with van der Waals surface area (Å²) in [5, 5.41) is 3.50. The number of nitrogens with one attached hydrogen (secondary N) is 1. The summed E-state index contributed by atoms with van der Waals surface area (Å²) in [6.45, 7) is 6.36. The summed E-state index contributed by atoms with van der Waals surface area (Å²) in [6.07, 6.45) is 7.04. The van der Waals surface area contributed by atoms with Gasteiger partial charge in [0, 0.05) is 38.9 Å². The van der Waals surface area contributed by atoms with E-state index in [0.717, 1.165) is 56.0 Å². The molecule has 0 radical (unpaired) electrons. The number of ether oxygens (including phenoxy) is 2. The van der Waals surface area contributed by atoms with Crippen molar-refractivity contribution in [1.82, 2.24) is 14.9 Å². The maximum absolute atomic E-state index is 5.69. The number of aromatic nitrogens is 2. The first kappa shape index (κ1) is 18.5. The first-order chi connectivity index (χ1) is 14.3. The Hall–Kier alpha value is -2.54. The molecule has 4 heterocycles. The molecule has 3 aliphatic rings. The SMILES string of the molecule is c1cc(N2CCCCCC2)nc(NC2CN(Cc3ccc4c(c3)OCCO4)C2)n1. The van der Waals surface area contributed by atoms with E-state index in [-0.39, 0.29) is 0 Å². The van der Waals surface area contributed by atoms with Crippen molar-refractivity contribution >= 4 is 11.8 Å². The maximum atomic E-state index is 5.69. The Morgan fingerprint density at radius 1 is 0.966 bits per heavy atom. The molecular weight excluding hydrogens is 366 g/mol. The van der Waals surface area contributed by atoms with Crippen molar-refractivity contribution < 1.29 is 9.47 Å². The molecule has 2 fully saturated rings. The standard InChI is InChI=1S/C22H29N5O2/c1-2-4-10-27(9-3-1)21-7-8-23-22(25-21)24-18-15-26(16-18)14-17-5-6-19-20(13-17)29-12-11-28-19/h5-8,13,18H,1-4,9-12,14-16H2,(H,23,24,25). The average Bonchev–Trinajstić information content (AvgIpc) is 3.02. The molecule has 0 bridgehead atoms. The zero-order valence-corrected chi connectivity index (χ0v) is 16.8. The minimum Gasteiger partial charge on any atom is -0.486 e. The highest BCUT2D eigenvalue weighted by atomic mass is 16.6. The van der Waals surface area contributed by atoms with E-state index in [4.69, 9.17) is 14.5 Å². The second-order valence-corrected chi connectivity index (χ2v) is 8.15. The molecule has 0 saturated carbocycles. The molecule has 3 aliphatic heterocycles. The van der Waals surface area contributed by atoms with Gasteiger partial charge < -0.3 is 19.7 Å². The number of benzene rings is 1. The van der Waals surface area contributed by atoms with Crippen LogP contribution in [0.4, 0.5) is 11.8 Å². The average molecular weight is 396 g/mol.